The Morgan fingerprint density at radius 1 is 0.957 bits per heavy atom. The summed E-state index contributed by atoms with van der Waals surface area (Å²) >= 11 is 0. The van der Waals surface area contributed by atoms with E-state index < -0.39 is 22.8 Å². The minimum atomic E-state index is -4.59. The topological polar surface area (TPSA) is 38.7 Å². The van der Waals surface area contributed by atoms with E-state index in [1.807, 2.05) is 13.8 Å². The van der Waals surface area contributed by atoms with Gasteiger partial charge in [-0.25, -0.2) is 4.21 Å². The monoisotopic (exact) mass is 343 g/mol. The average Bonchev–Trinajstić information content (AvgIpc) is 2.48. The van der Waals surface area contributed by atoms with Crippen LogP contribution in [0.4, 0.5) is 18.9 Å². The molecule has 0 saturated carbocycles. The zero-order chi connectivity index (χ0) is 17.1. The Hall–Kier alpha value is -1.86. The first kappa shape index (κ1) is 17.5. The van der Waals surface area contributed by atoms with Crippen molar-refractivity contribution >= 4 is 15.7 Å². The molecule has 0 aliphatic heterocycles. The number of aryl methyl sites for hydroxylation is 2. The molecule has 23 heavy (non-hydrogen) atoms. The highest BCUT2D eigenvalue weighted by Crippen LogP contribution is 2.25. The first-order chi connectivity index (χ1) is 10.7. The largest absolute Gasteiger partial charge is 0.413 e. The maximum Gasteiger partial charge on any atom is 0.413 e. The van der Waals surface area contributed by atoms with E-state index in [0.717, 1.165) is 11.1 Å². The molecule has 0 aliphatic carbocycles. The molecule has 0 radical (unpaired) electrons. The van der Waals surface area contributed by atoms with Crippen molar-refractivity contribution in [2.24, 2.45) is 4.36 Å². The second kappa shape index (κ2) is 6.72. The zero-order valence-corrected chi connectivity index (χ0v) is 13.4. The lowest BCUT2D eigenvalue weighted by atomic mass is 10.2. The van der Waals surface area contributed by atoms with Gasteiger partial charge in [0.05, 0.1) is 10.6 Å². The molecule has 124 valence electrons. The fourth-order valence-electron chi connectivity index (χ4n) is 1.75. The summed E-state index contributed by atoms with van der Waals surface area (Å²) in [4.78, 5) is 0.105. The van der Waals surface area contributed by atoms with E-state index in [4.69, 9.17) is 4.18 Å². The van der Waals surface area contributed by atoms with Crippen LogP contribution in [-0.2, 0) is 14.2 Å². The molecule has 2 rings (SSSR count). The molecule has 0 heterocycles. The van der Waals surface area contributed by atoms with Crippen molar-refractivity contribution in [1.29, 1.82) is 0 Å². The average molecular weight is 343 g/mol. The number of halogens is 3. The molecule has 2 aromatic rings. The number of nitrogens with zero attached hydrogens (tertiary/aromatic N) is 1. The summed E-state index contributed by atoms with van der Waals surface area (Å²) in [5.74, 6) is 0. The van der Waals surface area contributed by atoms with Crippen LogP contribution in [0, 0.1) is 13.8 Å². The second-order valence-electron chi connectivity index (χ2n) is 5.09. The van der Waals surface area contributed by atoms with Gasteiger partial charge < -0.3 is 0 Å². The van der Waals surface area contributed by atoms with Gasteiger partial charge in [-0.1, -0.05) is 35.4 Å². The summed E-state index contributed by atoms with van der Waals surface area (Å²) in [6.45, 7) is 2.05. The molecule has 1 atom stereocenters. The second-order valence-corrected chi connectivity index (χ2v) is 6.93. The fourth-order valence-corrected chi connectivity index (χ4v) is 3.22. The Bertz CT molecular complexity index is 774. The van der Waals surface area contributed by atoms with Crippen molar-refractivity contribution in [3.05, 3.63) is 59.7 Å². The van der Waals surface area contributed by atoms with Gasteiger partial charge in [-0.3, -0.25) is 4.18 Å². The Kier molecular flexibility index (Phi) is 5.11. The van der Waals surface area contributed by atoms with Crippen molar-refractivity contribution in [1.82, 2.24) is 0 Å². The highest BCUT2D eigenvalue weighted by Gasteiger charge is 2.31. The van der Waals surface area contributed by atoms with Gasteiger partial charge in [0, 0.05) is 0 Å². The van der Waals surface area contributed by atoms with E-state index in [-0.39, 0.29) is 4.90 Å². The van der Waals surface area contributed by atoms with Crippen LogP contribution < -0.4 is 0 Å². The van der Waals surface area contributed by atoms with Gasteiger partial charge >= 0.3 is 6.18 Å². The molecule has 0 amide bonds. The SMILES string of the molecule is Cc1ccc(N=S(=O)(OCC(F)(F)F)c2ccc(C)cc2)cc1. The summed E-state index contributed by atoms with van der Waals surface area (Å²) in [5.41, 5.74) is 2.15. The first-order valence-electron chi connectivity index (χ1n) is 6.80. The van der Waals surface area contributed by atoms with Crippen molar-refractivity contribution in [3.8, 4) is 0 Å². The van der Waals surface area contributed by atoms with Gasteiger partial charge in [-0.2, -0.15) is 17.5 Å². The molecular weight excluding hydrogens is 327 g/mol. The standard InChI is InChI=1S/C16H16F3NO2S/c1-12-3-7-14(8-4-12)20-23(21,22-11-16(17,18)19)15-9-5-13(2)6-10-15/h3-10H,11H2,1-2H3. The predicted octanol–water partition coefficient (Wildman–Crippen LogP) is 4.96. The van der Waals surface area contributed by atoms with Gasteiger partial charge in [-0.15, -0.1) is 0 Å². The Morgan fingerprint density at radius 2 is 1.43 bits per heavy atom. The lowest BCUT2D eigenvalue weighted by Crippen LogP contribution is -2.20. The van der Waals surface area contributed by atoms with Gasteiger partial charge in [0.1, 0.15) is 0 Å². The maximum atomic E-state index is 12.9. The molecule has 0 spiro atoms. The van der Waals surface area contributed by atoms with Gasteiger partial charge in [0.2, 0.25) is 0 Å². The van der Waals surface area contributed by atoms with Crippen LogP contribution in [0.2, 0.25) is 0 Å². The van der Waals surface area contributed by atoms with Crippen LogP contribution >= 0.6 is 0 Å². The van der Waals surface area contributed by atoms with Crippen molar-refractivity contribution < 1.29 is 21.6 Å². The smallest absolute Gasteiger partial charge is 0.271 e. The van der Waals surface area contributed by atoms with Crippen LogP contribution in [-0.4, -0.2) is 17.0 Å². The summed E-state index contributed by atoms with van der Waals surface area (Å²) in [6, 6.07) is 12.9. The van der Waals surface area contributed by atoms with Crippen molar-refractivity contribution in [2.75, 3.05) is 6.61 Å². The third-order valence-corrected chi connectivity index (χ3v) is 4.72. The molecule has 0 fully saturated rings. The summed E-state index contributed by atoms with van der Waals surface area (Å²) < 4.78 is 58.9. The van der Waals surface area contributed by atoms with Crippen LogP contribution in [0.25, 0.3) is 0 Å². The van der Waals surface area contributed by atoms with Gasteiger partial charge in [0.25, 0.3) is 0 Å². The first-order valence-corrected chi connectivity index (χ1v) is 8.24. The van der Waals surface area contributed by atoms with Crippen LogP contribution in [0.5, 0.6) is 0 Å². The maximum absolute atomic E-state index is 12.9. The molecule has 0 bridgehead atoms. The predicted molar refractivity (Wildman–Crippen MR) is 82.9 cm³/mol. The third kappa shape index (κ3) is 5.07. The summed E-state index contributed by atoms with van der Waals surface area (Å²) in [6.07, 6.45) is -4.59. The minimum absolute atomic E-state index is 0.105. The molecule has 1 unspecified atom stereocenters. The highest BCUT2D eigenvalue weighted by molar-refractivity contribution is 7.89. The Morgan fingerprint density at radius 3 is 1.91 bits per heavy atom. The summed E-state index contributed by atoms with van der Waals surface area (Å²) in [5, 5.41) is 0. The summed E-state index contributed by atoms with van der Waals surface area (Å²) in [7, 11) is -3.68. The molecule has 7 heteroatoms. The lowest BCUT2D eigenvalue weighted by molar-refractivity contribution is -0.152. The van der Waals surface area contributed by atoms with E-state index in [0.29, 0.717) is 5.69 Å². The number of alkyl halides is 3. The van der Waals surface area contributed by atoms with E-state index in [9.17, 15) is 17.4 Å². The van der Waals surface area contributed by atoms with E-state index in [1.54, 1.807) is 36.4 Å². The molecule has 3 nitrogen and oxygen atoms in total. The molecule has 2 aromatic carbocycles. The molecule has 0 aromatic heterocycles. The molecular formula is C16H16F3NO2S. The van der Waals surface area contributed by atoms with Crippen LogP contribution in [0.3, 0.4) is 0 Å². The molecule has 0 N–H and O–H groups in total. The lowest BCUT2D eigenvalue weighted by Gasteiger charge is -2.13. The van der Waals surface area contributed by atoms with Crippen LogP contribution in [0.1, 0.15) is 11.1 Å². The number of benzene rings is 2. The molecule has 0 aliphatic rings. The highest BCUT2D eigenvalue weighted by atomic mass is 32.2. The third-order valence-electron chi connectivity index (χ3n) is 2.96. The number of rotatable bonds is 4. The van der Waals surface area contributed by atoms with Crippen molar-refractivity contribution in [3.63, 3.8) is 0 Å². The quantitative estimate of drug-likeness (QED) is 0.787. The minimum Gasteiger partial charge on any atom is -0.271 e. The van der Waals surface area contributed by atoms with Gasteiger partial charge in [-0.05, 0) is 38.1 Å². The van der Waals surface area contributed by atoms with E-state index in [2.05, 4.69) is 4.36 Å². The fraction of sp³-hybridized carbons (Fsp3) is 0.250. The number of hydrogen-bond donors (Lipinski definition) is 0. The normalized spacial score (nSPS) is 14.3. The Labute approximate surface area is 133 Å². The Balaban J connectivity index is 2.48. The van der Waals surface area contributed by atoms with Crippen molar-refractivity contribution in [2.45, 2.75) is 24.9 Å². The number of hydrogen-bond acceptors (Lipinski definition) is 3. The van der Waals surface area contributed by atoms with E-state index >= 15 is 0 Å². The zero-order valence-electron chi connectivity index (χ0n) is 12.6. The van der Waals surface area contributed by atoms with Crippen LogP contribution in [0.15, 0.2) is 57.8 Å². The molecule has 0 saturated heterocycles. The van der Waals surface area contributed by atoms with Gasteiger partial charge in [0.15, 0.2) is 16.6 Å². The van der Waals surface area contributed by atoms with E-state index in [1.165, 1.54) is 12.1 Å².